The minimum Gasteiger partial charge on any atom is -0.349 e. The van der Waals surface area contributed by atoms with E-state index in [1.54, 1.807) is 30.3 Å². The van der Waals surface area contributed by atoms with Gasteiger partial charge in [0.15, 0.2) is 0 Å². The molecule has 3 amide bonds. The number of aromatic amines is 1. The lowest BCUT2D eigenvalue weighted by atomic mass is 9.79. The number of fused-ring (bicyclic) bond motifs is 3. The third-order valence-electron chi connectivity index (χ3n) is 7.27. The average Bonchev–Trinajstić information content (AvgIpc) is 3.57. The molecule has 3 aromatic rings. The molecule has 0 unspecified atom stereocenters. The van der Waals surface area contributed by atoms with Gasteiger partial charge in [0.1, 0.15) is 23.5 Å². The molecule has 5 rings (SSSR count). The summed E-state index contributed by atoms with van der Waals surface area (Å²) in [7, 11) is 0. The molecule has 1 fully saturated rings. The maximum atomic E-state index is 14.9. The van der Waals surface area contributed by atoms with E-state index in [-0.39, 0.29) is 31.0 Å². The van der Waals surface area contributed by atoms with Gasteiger partial charge >= 0.3 is 0 Å². The lowest BCUT2D eigenvalue weighted by Crippen LogP contribution is -2.52. The van der Waals surface area contributed by atoms with Crippen molar-refractivity contribution in [3.8, 4) is 18.4 Å². The van der Waals surface area contributed by atoms with Crippen molar-refractivity contribution in [2.24, 2.45) is 0 Å². The number of amides is 3. The number of likely N-dealkylation sites (tertiary alicyclic amines) is 1. The third-order valence-corrected chi connectivity index (χ3v) is 7.27. The molecule has 1 aromatic heterocycles. The highest BCUT2D eigenvalue weighted by atomic mass is 19.1. The van der Waals surface area contributed by atoms with Crippen LogP contribution in [0.4, 0.5) is 10.1 Å². The number of carbonyl (C=O) groups excluding carboxylic acids is 3. The van der Waals surface area contributed by atoms with Crippen molar-refractivity contribution in [1.82, 2.24) is 15.2 Å². The molecular weight excluding hydrogens is 485 g/mol. The number of nitriles is 1. The second-order valence-corrected chi connectivity index (χ2v) is 10.4. The Hall–Kier alpha value is -4.63. The molecule has 3 heterocycles. The van der Waals surface area contributed by atoms with E-state index in [0.29, 0.717) is 22.2 Å². The molecule has 38 heavy (non-hydrogen) atoms. The summed E-state index contributed by atoms with van der Waals surface area (Å²) in [4.78, 5) is 44.5. The average molecular weight is 512 g/mol. The third kappa shape index (κ3) is 4.16. The molecule has 192 valence electrons. The van der Waals surface area contributed by atoms with E-state index in [0.717, 1.165) is 5.56 Å². The Morgan fingerprint density at radius 2 is 2.05 bits per heavy atom. The van der Waals surface area contributed by atoms with Gasteiger partial charge in [-0.05, 0) is 44.0 Å². The summed E-state index contributed by atoms with van der Waals surface area (Å²) in [5.74, 6) is 1.19. The lowest BCUT2D eigenvalue weighted by molar-refractivity contribution is -0.134. The Morgan fingerprint density at radius 1 is 1.29 bits per heavy atom. The number of nitrogens with one attached hydrogen (secondary N) is 3. The standard InChI is InChI=1S/C29H26FN5O3/c1-4-19-13-29(20-10-5-6-11-21(20)34-27(29)38)16-35(19)26(37)23(14-28(2,3)30)33-25(36)22-12-17-8-7-9-18(15-31)24(17)32-22/h1,5-12,19,23,32H,13-14,16H2,2-3H3,(H,33,36)(H,34,38)/t19-,23+,29+/m1/s1. The van der Waals surface area contributed by atoms with Crippen LogP contribution >= 0.6 is 0 Å². The number of carbonyl (C=O) groups is 3. The molecule has 9 heteroatoms. The Morgan fingerprint density at radius 3 is 2.76 bits per heavy atom. The number of hydrogen-bond donors (Lipinski definition) is 3. The first kappa shape index (κ1) is 25.0. The monoisotopic (exact) mass is 511 g/mol. The normalized spacial score (nSPS) is 21.0. The van der Waals surface area contributed by atoms with Gasteiger partial charge in [-0.15, -0.1) is 6.42 Å². The van der Waals surface area contributed by atoms with Crippen molar-refractivity contribution >= 4 is 34.3 Å². The second kappa shape index (κ2) is 9.04. The zero-order valence-electron chi connectivity index (χ0n) is 21.0. The van der Waals surface area contributed by atoms with E-state index in [1.807, 2.05) is 18.2 Å². The van der Waals surface area contributed by atoms with Crippen molar-refractivity contribution in [3.05, 3.63) is 65.4 Å². The van der Waals surface area contributed by atoms with Crippen LogP contribution in [0.25, 0.3) is 10.9 Å². The number of hydrogen-bond acceptors (Lipinski definition) is 4. The molecule has 0 bridgehead atoms. The number of H-pyrrole nitrogens is 1. The van der Waals surface area contributed by atoms with Crippen LogP contribution in [0.2, 0.25) is 0 Å². The minimum atomic E-state index is -1.79. The fourth-order valence-corrected chi connectivity index (χ4v) is 5.51. The van der Waals surface area contributed by atoms with Gasteiger partial charge in [0.2, 0.25) is 11.8 Å². The van der Waals surface area contributed by atoms with Crippen LogP contribution in [0.5, 0.6) is 0 Å². The van der Waals surface area contributed by atoms with Gasteiger partial charge in [-0.3, -0.25) is 14.4 Å². The van der Waals surface area contributed by atoms with Gasteiger partial charge in [-0.1, -0.05) is 36.3 Å². The second-order valence-electron chi connectivity index (χ2n) is 10.4. The first-order chi connectivity index (χ1) is 18.1. The molecule has 2 aromatic carbocycles. The maximum Gasteiger partial charge on any atom is 0.268 e. The van der Waals surface area contributed by atoms with Crippen LogP contribution in [0.15, 0.2) is 48.5 Å². The predicted molar refractivity (Wildman–Crippen MR) is 140 cm³/mol. The van der Waals surface area contributed by atoms with E-state index >= 15 is 0 Å². The van der Waals surface area contributed by atoms with Crippen LogP contribution in [0, 0.1) is 23.7 Å². The van der Waals surface area contributed by atoms with E-state index in [2.05, 4.69) is 27.6 Å². The summed E-state index contributed by atoms with van der Waals surface area (Å²) in [5, 5.41) is 15.6. The summed E-state index contributed by atoms with van der Waals surface area (Å²) in [5.41, 5.74) is -0.378. The van der Waals surface area contributed by atoms with Gasteiger partial charge in [0.05, 0.1) is 22.5 Å². The van der Waals surface area contributed by atoms with Gasteiger partial charge in [-0.2, -0.15) is 5.26 Å². The SMILES string of the molecule is C#C[C@@H]1C[C@@]2(CN1C(=O)[C@H](CC(C)(C)F)NC(=O)c1cc3cccc(C#N)c3[nH]1)C(=O)Nc1ccccc12. The van der Waals surface area contributed by atoms with Crippen LogP contribution in [0.3, 0.4) is 0 Å². The van der Waals surface area contributed by atoms with Crippen LogP contribution in [-0.4, -0.2) is 51.9 Å². The number of rotatable bonds is 5. The van der Waals surface area contributed by atoms with Gasteiger partial charge in [0.25, 0.3) is 5.91 Å². The van der Waals surface area contributed by atoms with Crippen LogP contribution in [-0.2, 0) is 15.0 Å². The van der Waals surface area contributed by atoms with E-state index in [4.69, 9.17) is 6.42 Å². The zero-order valence-corrected chi connectivity index (χ0v) is 21.0. The number of aromatic nitrogens is 1. The highest BCUT2D eigenvalue weighted by Crippen LogP contribution is 2.46. The fraction of sp³-hybridized carbons (Fsp3) is 0.310. The fourth-order valence-electron chi connectivity index (χ4n) is 5.51. The van der Waals surface area contributed by atoms with Crippen molar-refractivity contribution in [2.75, 3.05) is 11.9 Å². The molecule has 3 atom stereocenters. The summed E-state index contributed by atoms with van der Waals surface area (Å²) in [6.45, 7) is 2.67. The number of terminal acetylenes is 1. The molecule has 0 saturated carbocycles. The Balaban J connectivity index is 1.45. The molecule has 1 saturated heterocycles. The first-order valence-electron chi connectivity index (χ1n) is 12.3. The Kier molecular flexibility index (Phi) is 5.95. The Labute approximate surface area is 219 Å². The molecular formula is C29H26FN5O3. The molecule has 0 aliphatic carbocycles. The smallest absolute Gasteiger partial charge is 0.268 e. The molecule has 1 spiro atoms. The minimum absolute atomic E-state index is 0.0144. The summed E-state index contributed by atoms with van der Waals surface area (Å²) < 4.78 is 14.9. The number of anilines is 1. The van der Waals surface area contributed by atoms with E-state index < -0.39 is 35.0 Å². The van der Waals surface area contributed by atoms with Crippen LogP contribution < -0.4 is 10.6 Å². The topological polar surface area (TPSA) is 118 Å². The highest BCUT2D eigenvalue weighted by Gasteiger charge is 2.56. The molecule has 2 aliphatic heterocycles. The van der Waals surface area contributed by atoms with Crippen molar-refractivity contribution < 1.29 is 18.8 Å². The maximum absolute atomic E-state index is 14.9. The van der Waals surface area contributed by atoms with E-state index in [1.165, 1.54) is 18.7 Å². The first-order valence-corrected chi connectivity index (χ1v) is 12.3. The van der Waals surface area contributed by atoms with Crippen molar-refractivity contribution in [3.63, 3.8) is 0 Å². The quantitative estimate of drug-likeness (QED) is 0.455. The number of nitrogens with zero attached hydrogens (tertiary/aromatic N) is 2. The van der Waals surface area contributed by atoms with Crippen LogP contribution in [0.1, 0.15) is 48.3 Å². The van der Waals surface area contributed by atoms with Gasteiger partial charge in [-0.25, -0.2) is 4.39 Å². The highest BCUT2D eigenvalue weighted by molar-refractivity contribution is 6.07. The lowest BCUT2D eigenvalue weighted by Gasteiger charge is -2.30. The molecule has 2 aliphatic rings. The largest absolute Gasteiger partial charge is 0.349 e. The summed E-state index contributed by atoms with van der Waals surface area (Å²) >= 11 is 0. The number of halogens is 1. The Bertz CT molecular complexity index is 1560. The predicted octanol–water partition coefficient (Wildman–Crippen LogP) is 3.40. The summed E-state index contributed by atoms with van der Waals surface area (Å²) in [6.07, 6.45) is 5.72. The number of para-hydroxylation sites is 2. The van der Waals surface area contributed by atoms with Gasteiger partial charge in [0, 0.05) is 24.0 Å². The number of alkyl halides is 1. The molecule has 8 nitrogen and oxygen atoms in total. The summed E-state index contributed by atoms with van der Waals surface area (Å²) in [6, 6.07) is 14.0. The van der Waals surface area contributed by atoms with Gasteiger partial charge < -0.3 is 20.5 Å². The van der Waals surface area contributed by atoms with E-state index in [9.17, 15) is 24.0 Å². The number of benzene rings is 2. The molecule has 3 N–H and O–H groups in total. The van der Waals surface area contributed by atoms with Crippen molar-refractivity contribution in [2.45, 2.75) is 49.9 Å². The van der Waals surface area contributed by atoms with Crippen molar-refractivity contribution in [1.29, 1.82) is 5.26 Å². The zero-order chi connectivity index (χ0) is 27.2. The molecule has 0 radical (unpaired) electrons.